The fourth-order valence-electron chi connectivity index (χ4n) is 1.89. The first kappa shape index (κ1) is 12.3. The molecule has 3 N–H and O–H groups in total. The highest BCUT2D eigenvalue weighted by Crippen LogP contribution is 2.19. The molecule has 0 saturated heterocycles. The van der Waals surface area contributed by atoms with Gasteiger partial charge in [0.05, 0.1) is 6.33 Å². The smallest absolute Gasteiger partial charge is 0.226 e. The lowest BCUT2D eigenvalue weighted by atomic mass is 10.3. The molecular formula is C13H15N7. The van der Waals surface area contributed by atoms with Crippen molar-refractivity contribution in [1.29, 1.82) is 0 Å². The number of H-pyrrole nitrogens is 1. The highest BCUT2D eigenvalue weighted by Gasteiger charge is 2.09. The largest absolute Gasteiger partial charge is 0.364 e. The number of fused-ring (bicyclic) bond motifs is 1. The van der Waals surface area contributed by atoms with Gasteiger partial charge in [-0.2, -0.15) is 9.97 Å². The Hall–Kier alpha value is -2.70. The molecule has 7 nitrogen and oxygen atoms in total. The highest BCUT2D eigenvalue weighted by molar-refractivity contribution is 5.83. The predicted molar refractivity (Wildman–Crippen MR) is 77.4 cm³/mol. The summed E-state index contributed by atoms with van der Waals surface area (Å²) < 4.78 is 0. The molecule has 0 unspecified atom stereocenters. The fraction of sp³-hybridized carbons (Fsp3) is 0.231. The van der Waals surface area contributed by atoms with E-state index < -0.39 is 0 Å². The van der Waals surface area contributed by atoms with Crippen molar-refractivity contribution in [3.05, 3.63) is 36.4 Å². The lowest BCUT2D eigenvalue weighted by molar-refractivity contribution is 1.06. The second kappa shape index (κ2) is 5.52. The van der Waals surface area contributed by atoms with Crippen molar-refractivity contribution < 1.29 is 0 Å². The van der Waals surface area contributed by atoms with Crippen LogP contribution < -0.4 is 10.6 Å². The van der Waals surface area contributed by atoms with E-state index in [4.69, 9.17) is 0 Å². The minimum Gasteiger partial charge on any atom is -0.364 e. The van der Waals surface area contributed by atoms with Crippen LogP contribution in [0.5, 0.6) is 0 Å². The molecule has 3 rings (SSSR count). The molecule has 102 valence electrons. The molecule has 0 aliphatic heterocycles. The summed E-state index contributed by atoms with van der Waals surface area (Å²) in [7, 11) is 0. The van der Waals surface area contributed by atoms with Crippen molar-refractivity contribution in [3.8, 4) is 0 Å². The van der Waals surface area contributed by atoms with Crippen LogP contribution >= 0.6 is 0 Å². The monoisotopic (exact) mass is 269 g/mol. The van der Waals surface area contributed by atoms with E-state index in [0.29, 0.717) is 18.1 Å². The van der Waals surface area contributed by atoms with Crippen LogP contribution in [0, 0.1) is 0 Å². The second-order valence-electron chi connectivity index (χ2n) is 4.24. The maximum Gasteiger partial charge on any atom is 0.226 e. The Morgan fingerprint density at radius 1 is 1.25 bits per heavy atom. The molecule has 0 atom stereocenters. The van der Waals surface area contributed by atoms with Gasteiger partial charge in [0.1, 0.15) is 5.52 Å². The van der Waals surface area contributed by atoms with E-state index in [1.54, 1.807) is 12.5 Å². The molecular weight excluding hydrogens is 254 g/mol. The first-order valence-corrected chi connectivity index (χ1v) is 6.44. The van der Waals surface area contributed by atoms with Gasteiger partial charge in [-0.3, -0.25) is 4.98 Å². The summed E-state index contributed by atoms with van der Waals surface area (Å²) >= 11 is 0. The molecule has 0 aromatic carbocycles. The van der Waals surface area contributed by atoms with E-state index in [9.17, 15) is 0 Å². The Balaban J connectivity index is 1.87. The minimum absolute atomic E-state index is 0.570. The summed E-state index contributed by atoms with van der Waals surface area (Å²) in [4.78, 5) is 20.1. The first-order chi connectivity index (χ1) is 9.86. The van der Waals surface area contributed by atoms with Gasteiger partial charge in [-0.25, -0.2) is 4.98 Å². The predicted octanol–water partition coefficient (Wildman–Crippen LogP) is 1.79. The van der Waals surface area contributed by atoms with Crippen molar-refractivity contribution in [3.63, 3.8) is 0 Å². The van der Waals surface area contributed by atoms with Gasteiger partial charge in [-0.1, -0.05) is 6.07 Å². The topological polar surface area (TPSA) is 91.4 Å². The maximum atomic E-state index is 4.45. The highest BCUT2D eigenvalue weighted by atomic mass is 15.2. The zero-order valence-corrected chi connectivity index (χ0v) is 11.1. The number of anilines is 2. The van der Waals surface area contributed by atoms with Crippen molar-refractivity contribution >= 4 is 22.9 Å². The van der Waals surface area contributed by atoms with Crippen molar-refractivity contribution in [2.75, 3.05) is 17.2 Å². The molecule has 7 heteroatoms. The summed E-state index contributed by atoms with van der Waals surface area (Å²) in [5.74, 6) is 1.30. The van der Waals surface area contributed by atoms with Crippen LogP contribution in [-0.2, 0) is 6.54 Å². The van der Waals surface area contributed by atoms with E-state index in [1.807, 2.05) is 25.3 Å². The number of hydrogen-bond donors (Lipinski definition) is 3. The molecule has 0 fully saturated rings. The third kappa shape index (κ3) is 2.51. The Labute approximate surface area is 115 Å². The first-order valence-electron chi connectivity index (χ1n) is 6.44. The van der Waals surface area contributed by atoms with E-state index >= 15 is 0 Å². The van der Waals surface area contributed by atoms with Crippen molar-refractivity contribution in [2.45, 2.75) is 13.5 Å². The van der Waals surface area contributed by atoms with Gasteiger partial charge in [0, 0.05) is 25.5 Å². The summed E-state index contributed by atoms with van der Waals surface area (Å²) in [6.07, 6.45) is 5.19. The summed E-state index contributed by atoms with van der Waals surface area (Å²) in [6, 6.07) is 3.92. The fourth-order valence-corrected chi connectivity index (χ4v) is 1.89. The normalized spacial score (nSPS) is 10.7. The molecule has 3 heterocycles. The lowest BCUT2D eigenvalue weighted by Gasteiger charge is -2.08. The SMILES string of the molecule is CCNc1nc(NCc2cccnc2)c2[nH]cnc2n1. The van der Waals surface area contributed by atoms with E-state index in [-0.39, 0.29) is 0 Å². The van der Waals surface area contributed by atoms with E-state index in [2.05, 4.69) is 35.6 Å². The standard InChI is InChI=1S/C13H15N7/c1-2-15-13-19-11(10-12(20-13)18-8-17-10)16-7-9-4-3-5-14-6-9/h3-6,8H,2,7H2,1H3,(H3,15,16,17,18,19,20). The Morgan fingerprint density at radius 3 is 3.00 bits per heavy atom. The van der Waals surface area contributed by atoms with Crippen molar-refractivity contribution in [1.82, 2.24) is 24.9 Å². The number of pyridine rings is 1. The molecule has 0 aliphatic carbocycles. The van der Waals surface area contributed by atoms with Gasteiger partial charge in [-0.15, -0.1) is 0 Å². The van der Waals surface area contributed by atoms with Crippen LogP contribution in [0.25, 0.3) is 11.2 Å². The molecule has 0 spiro atoms. The average Bonchev–Trinajstić information content (AvgIpc) is 2.95. The molecule has 0 saturated carbocycles. The number of aromatic nitrogens is 5. The summed E-state index contributed by atoms with van der Waals surface area (Å²) in [5, 5.41) is 6.39. The molecule has 0 bridgehead atoms. The van der Waals surface area contributed by atoms with Gasteiger partial charge in [-0.05, 0) is 18.6 Å². The number of hydrogen-bond acceptors (Lipinski definition) is 6. The van der Waals surface area contributed by atoms with Gasteiger partial charge in [0.15, 0.2) is 11.5 Å². The Bertz CT molecular complexity index is 692. The van der Waals surface area contributed by atoms with Crippen molar-refractivity contribution in [2.24, 2.45) is 0 Å². The van der Waals surface area contributed by atoms with Crippen LogP contribution in [0.15, 0.2) is 30.9 Å². The molecule has 0 aliphatic rings. The van der Waals surface area contributed by atoms with Crippen LogP contribution in [0.4, 0.5) is 11.8 Å². The number of nitrogens with zero attached hydrogens (tertiary/aromatic N) is 4. The van der Waals surface area contributed by atoms with Gasteiger partial charge in [0.2, 0.25) is 5.95 Å². The molecule has 0 radical (unpaired) electrons. The number of imidazole rings is 1. The summed E-state index contributed by atoms with van der Waals surface area (Å²) in [6.45, 7) is 3.41. The summed E-state index contributed by atoms with van der Waals surface area (Å²) in [5.41, 5.74) is 2.53. The number of nitrogens with one attached hydrogen (secondary N) is 3. The lowest BCUT2D eigenvalue weighted by Crippen LogP contribution is -2.07. The van der Waals surface area contributed by atoms with Crippen LogP contribution in [0.1, 0.15) is 12.5 Å². The van der Waals surface area contributed by atoms with Gasteiger partial charge in [0.25, 0.3) is 0 Å². The van der Waals surface area contributed by atoms with Crippen LogP contribution in [0.3, 0.4) is 0 Å². The van der Waals surface area contributed by atoms with Gasteiger partial charge < -0.3 is 15.6 Å². The third-order valence-electron chi connectivity index (χ3n) is 2.80. The third-order valence-corrected chi connectivity index (χ3v) is 2.80. The quantitative estimate of drug-likeness (QED) is 0.654. The number of rotatable bonds is 5. The van der Waals surface area contributed by atoms with Crippen LogP contribution in [0.2, 0.25) is 0 Å². The van der Waals surface area contributed by atoms with Crippen LogP contribution in [-0.4, -0.2) is 31.5 Å². The van der Waals surface area contributed by atoms with E-state index in [1.165, 1.54) is 0 Å². The molecule has 0 amide bonds. The molecule has 20 heavy (non-hydrogen) atoms. The molecule has 3 aromatic heterocycles. The minimum atomic E-state index is 0.570. The number of aromatic amines is 1. The van der Waals surface area contributed by atoms with E-state index in [0.717, 1.165) is 23.4 Å². The average molecular weight is 269 g/mol. The zero-order valence-electron chi connectivity index (χ0n) is 11.1. The molecule has 3 aromatic rings. The second-order valence-corrected chi connectivity index (χ2v) is 4.24. The van der Waals surface area contributed by atoms with Gasteiger partial charge >= 0.3 is 0 Å². The zero-order chi connectivity index (χ0) is 13.8. The Morgan fingerprint density at radius 2 is 2.20 bits per heavy atom. The Kier molecular flexibility index (Phi) is 3.40. The maximum absolute atomic E-state index is 4.45.